The number of ether oxygens (including phenoxy) is 1. The lowest BCUT2D eigenvalue weighted by atomic mass is 10.1. The third-order valence-corrected chi connectivity index (χ3v) is 2.00. The summed E-state index contributed by atoms with van der Waals surface area (Å²) >= 11 is 0. The number of likely N-dealkylation sites (tertiary alicyclic amines) is 1. The quantitative estimate of drug-likeness (QED) is 0.498. The van der Waals surface area contributed by atoms with E-state index in [2.05, 4.69) is 4.90 Å². The number of rotatable bonds is 1. The number of hydrogen-bond donors (Lipinski definition) is 0. The second kappa shape index (κ2) is 1.92. The molecule has 0 aromatic heterocycles. The van der Waals surface area contributed by atoms with E-state index in [9.17, 15) is 4.39 Å². The van der Waals surface area contributed by atoms with Gasteiger partial charge in [-0.1, -0.05) is 0 Å². The van der Waals surface area contributed by atoms with E-state index in [1.54, 1.807) is 0 Å². The fourth-order valence-corrected chi connectivity index (χ4v) is 1.19. The van der Waals surface area contributed by atoms with Gasteiger partial charge in [-0.3, -0.25) is 4.90 Å². The van der Waals surface area contributed by atoms with Crippen molar-refractivity contribution in [2.45, 2.75) is 12.2 Å². The molecular formula is C6H10FNO. The zero-order chi connectivity index (χ0) is 6.27. The second-order valence-electron chi connectivity index (χ2n) is 2.74. The Labute approximate surface area is 53.6 Å². The monoisotopic (exact) mass is 131 g/mol. The fraction of sp³-hybridized carbons (Fsp3) is 1.00. The van der Waals surface area contributed by atoms with Crippen LogP contribution >= 0.6 is 0 Å². The second-order valence-corrected chi connectivity index (χ2v) is 2.74. The predicted octanol–water partition coefficient (Wildman–Crippen LogP) is 0.0389. The molecule has 2 aliphatic rings. The van der Waals surface area contributed by atoms with Gasteiger partial charge in [0.25, 0.3) is 0 Å². The van der Waals surface area contributed by atoms with Crippen molar-refractivity contribution in [1.29, 1.82) is 0 Å². The molecule has 0 N–H and O–H groups in total. The van der Waals surface area contributed by atoms with Gasteiger partial charge in [0.1, 0.15) is 6.17 Å². The Morgan fingerprint density at radius 3 is 2.33 bits per heavy atom. The minimum atomic E-state index is -0.564. The molecule has 2 aliphatic heterocycles. The van der Waals surface area contributed by atoms with E-state index in [4.69, 9.17) is 4.74 Å². The van der Waals surface area contributed by atoms with E-state index in [1.165, 1.54) is 0 Å². The molecule has 0 aromatic rings. The zero-order valence-corrected chi connectivity index (χ0v) is 5.22. The minimum Gasteiger partial charge on any atom is -0.378 e. The summed E-state index contributed by atoms with van der Waals surface area (Å²) in [5, 5.41) is 0. The Morgan fingerprint density at radius 1 is 1.33 bits per heavy atom. The van der Waals surface area contributed by atoms with E-state index < -0.39 is 6.17 Å². The average Bonchev–Trinajstić information content (AvgIpc) is 1.57. The molecule has 0 atom stereocenters. The minimum absolute atomic E-state index is 0.539. The van der Waals surface area contributed by atoms with Gasteiger partial charge >= 0.3 is 0 Å². The van der Waals surface area contributed by atoms with Crippen LogP contribution < -0.4 is 0 Å². The molecule has 0 spiro atoms. The highest BCUT2D eigenvalue weighted by Crippen LogP contribution is 2.19. The Bertz CT molecular complexity index is 110. The van der Waals surface area contributed by atoms with Crippen molar-refractivity contribution in [1.82, 2.24) is 4.90 Å². The highest BCUT2D eigenvalue weighted by Gasteiger charge is 2.35. The van der Waals surface area contributed by atoms with Gasteiger partial charge in [-0.25, -0.2) is 4.39 Å². The van der Waals surface area contributed by atoms with Crippen molar-refractivity contribution in [3.63, 3.8) is 0 Å². The number of nitrogens with zero attached hydrogens (tertiary/aromatic N) is 1. The van der Waals surface area contributed by atoms with Gasteiger partial charge in [-0.2, -0.15) is 0 Å². The van der Waals surface area contributed by atoms with Crippen LogP contribution in [-0.2, 0) is 4.74 Å². The van der Waals surface area contributed by atoms with Crippen LogP contribution in [0.15, 0.2) is 0 Å². The van der Waals surface area contributed by atoms with Crippen molar-refractivity contribution in [2.24, 2.45) is 0 Å². The van der Waals surface area contributed by atoms with Gasteiger partial charge in [-0.05, 0) is 0 Å². The first kappa shape index (κ1) is 5.62. The van der Waals surface area contributed by atoms with Gasteiger partial charge in [-0.15, -0.1) is 0 Å². The Hall–Kier alpha value is -0.150. The van der Waals surface area contributed by atoms with Crippen molar-refractivity contribution in [3.8, 4) is 0 Å². The van der Waals surface area contributed by atoms with Crippen LogP contribution in [0.1, 0.15) is 0 Å². The van der Waals surface area contributed by atoms with Gasteiger partial charge in [0.15, 0.2) is 0 Å². The van der Waals surface area contributed by atoms with Gasteiger partial charge < -0.3 is 4.74 Å². The highest BCUT2D eigenvalue weighted by molar-refractivity contribution is 4.88. The molecule has 0 radical (unpaired) electrons. The van der Waals surface area contributed by atoms with Gasteiger partial charge in [0.2, 0.25) is 0 Å². The van der Waals surface area contributed by atoms with Crippen LogP contribution in [0.3, 0.4) is 0 Å². The molecule has 0 unspecified atom stereocenters. The summed E-state index contributed by atoms with van der Waals surface area (Å²) in [6.07, 6.45) is -0.564. The molecule has 0 bridgehead atoms. The molecule has 2 fully saturated rings. The molecule has 2 saturated heterocycles. The maximum atomic E-state index is 12.2. The van der Waals surface area contributed by atoms with E-state index in [-0.39, 0.29) is 0 Å². The zero-order valence-electron chi connectivity index (χ0n) is 5.22. The summed E-state index contributed by atoms with van der Waals surface area (Å²) in [7, 11) is 0. The number of hydrogen-bond acceptors (Lipinski definition) is 2. The number of halogens is 1. The molecular weight excluding hydrogens is 121 g/mol. The highest BCUT2D eigenvalue weighted by atomic mass is 19.1. The molecule has 3 heteroatoms. The van der Waals surface area contributed by atoms with Crippen LogP contribution in [0.25, 0.3) is 0 Å². The van der Waals surface area contributed by atoms with Crippen molar-refractivity contribution < 1.29 is 9.13 Å². The maximum Gasteiger partial charge on any atom is 0.125 e. The van der Waals surface area contributed by atoms with Crippen LogP contribution in [0, 0.1) is 0 Å². The largest absolute Gasteiger partial charge is 0.378 e. The topological polar surface area (TPSA) is 12.5 Å². The third-order valence-electron chi connectivity index (χ3n) is 2.00. The number of alkyl halides is 1. The molecule has 2 rings (SSSR count). The Kier molecular flexibility index (Phi) is 1.20. The van der Waals surface area contributed by atoms with E-state index >= 15 is 0 Å². The maximum absolute atomic E-state index is 12.2. The first-order chi connectivity index (χ1) is 4.36. The Balaban J connectivity index is 1.75. The van der Waals surface area contributed by atoms with Crippen LogP contribution in [-0.4, -0.2) is 43.4 Å². The lowest BCUT2D eigenvalue weighted by Gasteiger charge is -2.44. The predicted molar refractivity (Wildman–Crippen MR) is 31.1 cm³/mol. The summed E-state index contributed by atoms with van der Waals surface area (Å²) in [6, 6.07) is 0.539. The molecule has 0 amide bonds. The van der Waals surface area contributed by atoms with Crippen LogP contribution in [0.5, 0.6) is 0 Å². The lowest BCUT2D eigenvalue weighted by molar-refractivity contribution is -0.105. The van der Waals surface area contributed by atoms with Gasteiger partial charge in [0, 0.05) is 13.1 Å². The molecule has 9 heavy (non-hydrogen) atoms. The van der Waals surface area contributed by atoms with E-state index in [0.29, 0.717) is 19.1 Å². The summed E-state index contributed by atoms with van der Waals surface area (Å²) in [4.78, 5) is 2.13. The first-order valence-corrected chi connectivity index (χ1v) is 3.32. The summed E-state index contributed by atoms with van der Waals surface area (Å²) < 4.78 is 17.2. The smallest absolute Gasteiger partial charge is 0.125 e. The molecule has 0 aromatic carbocycles. The van der Waals surface area contributed by atoms with Crippen LogP contribution in [0.2, 0.25) is 0 Å². The van der Waals surface area contributed by atoms with Crippen molar-refractivity contribution in [2.75, 3.05) is 26.3 Å². The molecule has 0 aliphatic carbocycles. The SMILES string of the molecule is FC1CN(C2COC2)C1. The molecule has 2 heterocycles. The van der Waals surface area contributed by atoms with Crippen LogP contribution in [0.4, 0.5) is 4.39 Å². The average molecular weight is 131 g/mol. The summed E-state index contributed by atoms with van der Waals surface area (Å²) in [6.45, 7) is 2.89. The van der Waals surface area contributed by atoms with Gasteiger partial charge in [0.05, 0.1) is 19.3 Å². The van der Waals surface area contributed by atoms with Crippen molar-refractivity contribution in [3.05, 3.63) is 0 Å². The summed E-state index contributed by atoms with van der Waals surface area (Å²) in [5.41, 5.74) is 0. The molecule has 2 nitrogen and oxygen atoms in total. The fourth-order valence-electron chi connectivity index (χ4n) is 1.19. The normalized spacial score (nSPS) is 31.7. The summed E-state index contributed by atoms with van der Waals surface area (Å²) in [5.74, 6) is 0. The van der Waals surface area contributed by atoms with E-state index in [1.807, 2.05) is 0 Å². The Morgan fingerprint density at radius 2 is 2.00 bits per heavy atom. The van der Waals surface area contributed by atoms with E-state index in [0.717, 1.165) is 13.2 Å². The standard InChI is InChI=1S/C6H10FNO/c7-5-1-8(2-5)6-3-9-4-6/h5-6H,1-4H2. The lowest BCUT2D eigenvalue weighted by Crippen LogP contribution is -2.60. The first-order valence-electron chi connectivity index (χ1n) is 3.32. The third kappa shape index (κ3) is 0.843. The van der Waals surface area contributed by atoms with Crippen molar-refractivity contribution >= 4 is 0 Å². The molecule has 0 saturated carbocycles. The molecule has 52 valence electrons.